The number of nitrogens with one attached hydrogen (secondary N) is 2. The summed E-state index contributed by atoms with van der Waals surface area (Å²) in [5.41, 5.74) is 0. The van der Waals surface area contributed by atoms with E-state index in [1.165, 1.54) is 25.8 Å². The molecule has 0 spiro atoms. The van der Waals surface area contributed by atoms with Gasteiger partial charge in [0.05, 0.1) is 26.4 Å². The molecule has 2 aliphatic rings. The van der Waals surface area contributed by atoms with Crippen molar-refractivity contribution in [1.82, 2.24) is 20.4 Å². The van der Waals surface area contributed by atoms with E-state index in [0.29, 0.717) is 12.0 Å². The fraction of sp³-hybridized carbons (Fsp3) is 0.952. The van der Waals surface area contributed by atoms with Gasteiger partial charge in [0.1, 0.15) is 0 Å². The molecule has 28 heavy (non-hydrogen) atoms. The second-order valence-corrected chi connectivity index (χ2v) is 7.83. The Morgan fingerprint density at radius 3 is 2.18 bits per heavy atom. The molecule has 0 radical (unpaired) electrons. The predicted octanol–water partition coefficient (Wildman–Crippen LogP) is 1.40. The van der Waals surface area contributed by atoms with Gasteiger partial charge < -0.3 is 20.1 Å². The first-order valence-corrected chi connectivity index (χ1v) is 11.3. The van der Waals surface area contributed by atoms with Crippen LogP contribution in [0.1, 0.15) is 39.5 Å². The van der Waals surface area contributed by atoms with Gasteiger partial charge in [0.25, 0.3) is 0 Å². The van der Waals surface area contributed by atoms with Gasteiger partial charge in [-0.15, -0.1) is 0 Å². The van der Waals surface area contributed by atoms with Gasteiger partial charge in [-0.25, -0.2) is 0 Å². The minimum Gasteiger partial charge on any atom is -0.379 e. The lowest BCUT2D eigenvalue weighted by atomic mass is 9.92. The highest BCUT2D eigenvalue weighted by atomic mass is 16.5. The number of hydrogen-bond acceptors (Lipinski definition) is 5. The maximum atomic E-state index is 5.55. The quantitative estimate of drug-likeness (QED) is 0.312. The maximum absolute atomic E-state index is 5.55. The van der Waals surface area contributed by atoms with Gasteiger partial charge in [0, 0.05) is 52.4 Å². The van der Waals surface area contributed by atoms with Gasteiger partial charge >= 0.3 is 0 Å². The van der Waals surface area contributed by atoms with Gasteiger partial charge in [0.2, 0.25) is 0 Å². The smallest absolute Gasteiger partial charge is 0.191 e. The van der Waals surface area contributed by atoms with Crippen molar-refractivity contribution < 1.29 is 9.47 Å². The molecule has 7 nitrogen and oxygen atoms in total. The Labute approximate surface area is 172 Å². The van der Waals surface area contributed by atoms with Crippen LogP contribution in [0.5, 0.6) is 0 Å². The van der Waals surface area contributed by atoms with Crippen LogP contribution < -0.4 is 10.6 Å². The monoisotopic (exact) mass is 397 g/mol. The summed E-state index contributed by atoms with van der Waals surface area (Å²) < 4.78 is 11.0. The minimum absolute atomic E-state index is 0.541. The second kappa shape index (κ2) is 14.1. The minimum atomic E-state index is 0.541. The molecule has 0 bridgehead atoms. The fourth-order valence-corrected chi connectivity index (χ4v) is 4.25. The van der Waals surface area contributed by atoms with E-state index in [1.807, 2.05) is 7.05 Å². The maximum Gasteiger partial charge on any atom is 0.191 e. The number of unbranched alkanes of at least 4 members (excludes halogenated alkanes) is 1. The largest absolute Gasteiger partial charge is 0.379 e. The van der Waals surface area contributed by atoms with Crippen LogP contribution in [0, 0.1) is 5.92 Å². The average Bonchev–Trinajstić information content (AvgIpc) is 2.76. The average molecular weight is 398 g/mol. The number of aliphatic imine (C=N–C) groups is 1. The molecule has 2 saturated heterocycles. The first kappa shape index (κ1) is 23.4. The third-order valence-corrected chi connectivity index (χ3v) is 6.11. The van der Waals surface area contributed by atoms with Gasteiger partial charge in [-0.3, -0.25) is 14.8 Å². The highest BCUT2D eigenvalue weighted by molar-refractivity contribution is 5.79. The van der Waals surface area contributed by atoms with Crippen LogP contribution >= 0.6 is 0 Å². The summed E-state index contributed by atoms with van der Waals surface area (Å²) in [5, 5.41) is 7.08. The number of ether oxygens (including phenoxy) is 2. The standard InChI is InChI=1S/C21H43N5O2/c1-4-19(5-2)20(26-12-16-28-17-13-26)18-24-21(22-3)23-8-6-7-9-25-10-14-27-15-11-25/h19-20H,4-18H2,1-3H3,(H2,22,23,24). The molecule has 1 atom stereocenters. The molecule has 0 aliphatic carbocycles. The fourth-order valence-electron chi connectivity index (χ4n) is 4.25. The lowest BCUT2D eigenvalue weighted by molar-refractivity contribution is 0.00272. The van der Waals surface area contributed by atoms with E-state index in [4.69, 9.17) is 9.47 Å². The van der Waals surface area contributed by atoms with Crippen molar-refractivity contribution in [3.8, 4) is 0 Å². The number of nitrogens with zero attached hydrogens (tertiary/aromatic N) is 3. The third kappa shape index (κ3) is 8.23. The molecule has 164 valence electrons. The van der Waals surface area contributed by atoms with Crippen molar-refractivity contribution in [3.05, 3.63) is 0 Å². The molecule has 2 fully saturated rings. The summed E-state index contributed by atoms with van der Waals surface area (Å²) in [7, 11) is 1.87. The van der Waals surface area contributed by atoms with Crippen molar-refractivity contribution in [2.45, 2.75) is 45.6 Å². The zero-order valence-corrected chi connectivity index (χ0v) is 18.4. The normalized spacial score (nSPS) is 21.1. The highest BCUT2D eigenvalue weighted by Crippen LogP contribution is 2.19. The van der Waals surface area contributed by atoms with Gasteiger partial charge in [-0.1, -0.05) is 26.7 Å². The van der Waals surface area contributed by atoms with Gasteiger partial charge in [0.15, 0.2) is 5.96 Å². The summed E-state index contributed by atoms with van der Waals surface area (Å²) in [6.45, 7) is 15.4. The molecule has 7 heteroatoms. The summed E-state index contributed by atoms with van der Waals surface area (Å²) in [6.07, 6.45) is 4.81. The van der Waals surface area contributed by atoms with Crippen LogP contribution in [0.4, 0.5) is 0 Å². The first-order chi connectivity index (χ1) is 13.8. The van der Waals surface area contributed by atoms with Crippen LogP contribution in [0.15, 0.2) is 4.99 Å². The van der Waals surface area contributed by atoms with Crippen molar-refractivity contribution in [2.24, 2.45) is 10.9 Å². The molecule has 0 saturated carbocycles. The second-order valence-electron chi connectivity index (χ2n) is 7.83. The summed E-state index contributed by atoms with van der Waals surface area (Å²) in [4.78, 5) is 9.53. The lowest BCUT2D eigenvalue weighted by Gasteiger charge is -2.39. The zero-order valence-electron chi connectivity index (χ0n) is 18.4. The molecule has 2 aliphatic heterocycles. The Morgan fingerprint density at radius 1 is 0.929 bits per heavy atom. The lowest BCUT2D eigenvalue weighted by Crippen LogP contribution is -2.53. The third-order valence-electron chi connectivity index (χ3n) is 6.11. The van der Waals surface area contributed by atoms with Crippen LogP contribution in [0.3, 0.4) is 0 Å². The SMILES string of the molecule is CCC(CC)C(CNC(=NC)NCCCCN1CCOCC1)N1CCOCC1. The predicted molar refractivity (Wildman–Crippen MR) is 116 cm³/mol. The van der Waals surface area contributed by atoms with E-state index < -0.39 is 0 Å². The molecule has 2 N–H and O–H groups in total. The molecule has 2 heterocycles. The Balaban J connectivity index is 1.68. The Bertz CT molecular complexity index is 419. The van der Waals surface area contributed by atoms with E-state index in [1.54, 1.807) is 0 Å². The Hall–Kier alpha value is -0.890. The molecule has 0 aromatic heterocycles. The molecule has 2 rings (SSSR count). The number of morpholine rings is 2. The molecule has 0 amide bonds. The number of rotatable bonds is 11. The molecular weight excluding hydrogens is 354 g/mol. The van der Waals surface area contributed by atoms with E-state index in [0.717, 1.165) is 78.1 Å². The first-order valence-electron chi connectivity index (χ1n) is 11.3. The summed E-state index contributed by atoms with van der Waals surface area (Å²) in [5.74, 6) is 1.63. The van der Waals surface area contributed by atoms with Crippen LogP contribution in [0.25, 0.3) is 0 Å². The van der Waals surface area contributed by atoms with Gasteiger partial charge in [-0.05, 0) is 25.3 Å². The van der Waals surface area contributed by atoms with Crippen LogP contribution in [-0.2, 0) is 9.47 Å². The van der Waals surface area contributed by atoms with E-state index >= 15 is 0 Å². The van der Waals surface area contributed by atoms with Crippen molar-refractivity contribution >= 4 is 5.96 Å². The molecule has 0 aromatic carbocycles. The molecular formula is C21H43N5O2. The van der Waals surface area contributed by atoms with E-state index in [-0.39, 0.29) is 0 Å². The number of guanidine groups is 1. The van der Waals surface area contributed by atoms with Crippen LogP contribution in [-0.4, -0.2) is 101 Å². The van der Waals surface area contributed by atoms with E-state index in [9.17, 15) is 0 Å². The Morgan fingerprint density at radius 2 is 1.57 bits per heavy atom. The van der Waals surface area contributed by atoms with Gasteiger partial charge in [-0.2, -0.15) is 0 Å². The summed E-state index contributed by atoms with van der Waals surface area (Å²) >= 11 is 0. The Kier molecular flexibility index (Phi) is 11.8. The zero-order chi connectivity index (χ0) is 20.0. The molecule has 0 aromatic rings. The van der Waals surface area contributed by atoms with Crippen molar-refractivity contribution in [2.75, 3.05) is 79.3 Å². The molecule has 1 unspecified atom stereocenters. The topological polar surface area (TPSA) is 61.4 Å². The van der Waals surface area contributed by atoms with Crippen molar-refractivity contribution in [3.63, 3.8) is 0 Å². The number of hydrogen-bond donors (Lipinski definition) is 2. The summed E-state index contributed by atoms with van der Waals surface area (Å²) in [6, 6.07) is 0.541. The van der Waals surface area contributed by atoms with Crippen molar-refractivity contribution in [1.29, 1.82) is 0 Å². The highest BCUT2D eigenvalue weighted by Gasteiger charge is 2.26. The van der Waals surface area contributed by atoms with E-state index in [2.05, 4.69) is 39.3 Å². The van der Waals surface area contributed by atoms with Crippen LogP contribution in [0.2, 0.25) is 0 Å².